The van der Waals surface area contributed by atoms with Gasteiger partial charge in [0.1, 0.15) is 35.9 Å². The van der Waals surface area contributed by atoms with Gasteiger partial charge in [0, 0.05) is 12.0 Å². The predicted octanol–water partition coefficient (Wildman–Crippen LogP) is 6.05. The summed E-state index contributed by atoms with van der Waals surface area (Å²) in [5.74, 6) is -0.845. The second-order valence-electron chi connectivity index (χ2n) is 14.0. The Labute approximate surface area is 268 Å². The van der Waals surface area contributed by atoms with Gasteiger partial charge in [0.25, 0.3) is 0 Å². The number of hydrogen-bond acceptors (Lipinski definition) is 8. The number of amides is 2. The number of carbonyl (C=O) groups excluding carboxylic acids is 3. The smallest absolute Gasteiger partial charge is 0.408 e. The Morgan fingerprint density at radius 1 is 1.04 bits per heavy atom. The SMILES string of the molecule is CCC1[C@@H]2CN(C(=O)[C@H](C(C)(C)C)NC(=O)O[C@@H]3CCC[C@H]3CCCC(F)C(F)c3nc4ccc(OC)cc4nc3O2)[C@@H]1C(C)=O. The second kappa shape index (κ2) is 13.7. The third-order valence-corrected chi connectivity index (χ3v) is 9.75. The van der Waals surface area contributed by atoms with Crippen molar-refractivity contribution in [3.63, 3.8) is 0 Å². The molecule has 252 valence electrons. The van der Waals surface area contributed by atoms with Crippen LogP contribution >= 0.6 is 0 Å². The average molecular weight is 645 g/mol. The third kappa shape index (κ3) is 6.90. The van der Waals surface area contributed by atoms with Crippen molar-refractivity contribution in [2.45, 2.75) is 116 Å². The highest BCUT2D eigenvalue weighted by molar-refractivity contribution is 5.92. The van der Waals surface area contributed by atoms with E-state index >= 15 is 8.78 Å². The molecule has 5 rings (SSSR count). The highest BCUT2D eigenvalue weighted by atomic mass is 19.2. The fraction of sp³-hybridized carbons (Fsp3) is 0.676. The molecule has 1 aliphatic carbocycles. The van der Waals surface area contributed by atoms with Crippen molar-refractivity contribution >= 4 is 28.8 Å². The number of benzene rings is 1. The van der Waals surface area contributed by atoms with E-state index in [1.807, 2.05) is 27.7 Å². The molecule has 2 fully saturated rings. The van der Waals surface area contributed by atoms with Crippen LogP contribution in [0.25, 0.3) is 11.0 Å². The number of carbonyl (C=O) groups is 3. The van der Waals surface area contributed by atoms with Crippen LogP contribution < -0.4 is 14.8 Å². The maximum absolute atomic E-state index is 16.1. The van der Waals surface area contributed by atoms with Crippen LogP contribution in [0.1, 0.15) is 91.4 Å². The molecule has 2 amide bonds. The summed E-state index contributed by atoms with van der Waals surface area (Å²) in [6.07, 6.45) is -2.21. The van der Waals surface area contributed by atoms with Gasteiger partial charge in [0.15, 0.2) is 12.0 Å². The normalized spacial score (nSPS) is 31.2. The lowest BCUT2D eigenvalue weighted by atomic mass is 9.85. The highest BCUT2D eigenvalue weighted by Crippen LogP contribution is 2.39. The van der Waals surface area contributed by atoms with Crippen LogP contribution in [0.4, 0.5) is 13.6 Å². The lowest BCUT2D eigenvalue weighted by Gasteiger charge is -2.35. The van der Waals surface area contributed by atoms with E-state index in [2.05, 4.69) is 15.3 Å². The Balaban J connectivity index is 1.60. The van der Waals surface area contributed by atoms with E-state index in [1.54, 1.807) is 18.2 Å². The predicted molar refractivity (Wildman–Crippen MR) is 167 cm³/mol. The lowest BCUT2D eigenvalue weighted by Crippen LogP contribution is -2.57. The number of Topliss-reactive ketones (excluding diaryl/α,β-unsaturated/α-hetero) is 1. The minimum atomic E-state index is -2.12. The van der Waals surface area contributed by atoms with E-state index in [0.29, 0.717) is 42.5 Å². The molecular formula is C34H46F2N4O6. The molecule has 3 unspecified atom stereocenters. The van der Waals surface area contributed by atoms with Crippen LogP contribution in [-0.4, -0.2) is 76.8 Å². The Kier molecular flexibility index (Phi) is 10.0. The quantitative estimate of drug-likeness (QED) is 0.429. The van der Waals surface area contributed by atoms with Crippen LogP contribution in [-0.2, 0) is 14.3 Å². The molecule has 2 bridgehead atoms. The van der Waals surface area contributed by atoms with Gasteiger partial charge in [0.05, 0.1) is 30.7 Å². The van der Waals surface area contributed by atoms with Gasteiger partial charge in [-0.3, -0.25) is 9.59 Å². The van der Waals surface area contributed by atoms with Gasteiger partial charge in [-0.1, -0.05) is 34.1 Å². The number of methoxy groups -OCH3 is 1. The molecule has 12 heteroatoms. The zero-order valence-corrected chi connectivity index (χ0v) is 27.6. The van der Waals surface area contributed by atoms with Gasteiger partial charge in [-0.25, -0.2) is 23.5 Å². The minimum absolute atomic E-state index is 0.000218. The first-order valence-electron chi connectivity index (χ1n) is 16.4. The molecule has 1 aromatic carbocycles. The minimum Gasteiger partial charge on any atom is -0.497 e. The fourth-order valence-electron chi connectivity index (χ4n) is 7.29. The number of alkyl carbamates (subject to hydrolysis) is 1. The van der Waals surface area contributed by atoms with Crippen molar-refractivity contribution in [2.75, 3.05) is 13.7 Å². The molecule has 2 aromatic rings. The first-order chi connectivity index (χ1) is 21.8. The number of hydrogen-bond donors (Lipinski definition) is 1. The Morgan fingerprint density at radius 3 is 2.41 bits per heavy atom. The zero-order chi connectivity index (χ0) is 33.3. The van der Waals surface area contributed by atoms with E-state index in [9.17, 15) is 14.4 Å². The van der Waals surface area contributed by atoms with E-state index in [-0.39, 0.29) is 42.3 Å². The average Bonchev–Trinajstić information content (AvgIpc) is 3.61. The lowest BCUT2D eigenvalue weighted by molar-refractivity contribution is -0.141. The number of rotatable bonds is 3. The molecule has 0 spiro atoms. The first kappa shape index (κ1) is 33.8. The first-order valence-corrected chi connectivity index (χ1v) is 16.4. The summed E-state index contributed by atoms with van der Waals surface area (Å²) >= 11 is 0. The van der Waals surface area contributed by atoms with Gasteiger partial charge in [-0.05, 0) is 68.9 Å². The van der Waals surface area contributed by atoms with Gasteiger partial charge >= 0.3 is 6.09 Å². The van der Waals surface area contributed by atoms with Gasteiger partial charge in [0.2, 0.25) is 11.8 Å². The Hall–Kier alpha value is -3.57. The molecular weight excluding hydrogens is 598 g/mol. The summed E-state index contributed by atoms with van der Waals surface area (Å²) in [6.45, 7) is 8.78. The summed E-state index contributed by atoms with van der Waals surface area (Å²) in [6, 6.07) is 3.07. The number of fused-ring (bicyclic) bond motifs is 5. The molecule has 1 saturated carbocycles. The van der Waals surface area contributed by atoms with Crippen LogP contribution in [0.5, 0.6) is 11.6 Å². The van der Waals surface area contributed by atoms with E-state index in [1.165, 1.54) is 18.9 Å². The maximum atomic E-state index is 16.1. The van der Waals surface area contributed by atoms with Crippen LogP contribution in [0, 0.1) is 17.3 Å². The van der Waals surface area contributed by atoms with Crippen molar-refractivity contribution in [1.29, 1.82) is 0 Å². The number of nitrogens with zero attached hydrogens (tertiary/aromatic N) is 3. The molecule has 3 heterocycles. The van der Waals surface area contributed by atoms with Crippen molar-refractivity contribution in [3.8, 4) is 11.6 Å². The number of halogens is 2. The van der Waals surface area contributed by atoms with Crippen LogP contribution in [0.2, 0.25) is 0 Å². The largest absolute Gasteiger partial charge is 0.497 e. The summed E-state index contributed by atoms with van der Waals surface area (Å²) in [4.78, 5) is 51.1. The maximum Gasteiger partial charge on any atom is 0.408 e. The Bertz CT molecular complexity index is 1450. The van der Waals surface area contributed by atoms with Crippen molar-refractivity contribution < 1.29 is 37.4 Å². The molecule has 10 nitrogen and oxygen atoms in total. The van der Waals surface area contributed by atoms with Gasteiger partial charge in [-0.2, -0.15) is 0 Å². The Morgan fingerprint density at radius 2 is 1.76 bits per heavy atom. The topological polar surface area (TPSA) is 120 Å². The number of ketones is 1. The summed E-state index contributed by atoms with van der Waals surface area (Å²) in [7, 11) is 1.51. The number of nitrogens with one attached hydrogen (secondary N) is 1. The van der Waals surface area contributed by atoms with Crippen molar-refractivity contribution in [1.82, 2.24) is 20.2 Å². The molecule has 1 N–H and O–H groups in total. The summed E-state index contributed by atoms with van der Waals surface area (Å²) in [5, 5.41) is 2.81. The van der Waals surface area contributed by atoms with Crippen LogP contribution in [0.15, 0.2) is 18.2 Å². The van der Waals surface area contributed by atoms with Gasteiger partial charge in [-0.15, -0.1) is 0 Å². The molecule has 3 aliphatic rings. The second-order valence-corrected chi connectivity index (χ2v) is 14.0. The number of ether oxygens (including phenoxy) is 3. The zero-order valence-electron chi connectivity index (χ0n) is 27.6. The molecule has 2 aliphatic heterocycles. The van der Waals surface area contributed by atoms with E-state index in [4.69, 9.17) is 14.2 Å². The molecule has 1 aromatic heterocycles. The number of alkyl halides is 2. The standard InChI is InChI=1S/C34H46F2N4O6/c1-7-21-26-17-40(29(21)18(2)41)32(42)30(34(3,4)5)39-33(43)46-25-13-9-11-19(25)10-8-12-22(35)27(36)28-31(45-26)38-24-16-20(44-6)14-15-23(24)37-28/h14-16,19,21-22,25-27,29-30H,7-13,17H2,1-6H3,(H,39,43)/t19-,21?,22?,25-,26+,27?,29-,30-/m1/s1. The number of aromatic nitrogens is 2. The third-order valence-electron chi connectivity index (χ3n) is 9.75. The summed E-state index contributed by atoms with van der Waals surface area (Å²) < 4.78 is 49.2. The molecule has 8 atom stereocenters. The fourth-order valence-corrected chi connectivity index (χ4v) is 7.29. The summed E-state index contributed by atoms with van der Waals surface area (Å²) in [5.41, 5.74) is -0.256. The monoisotopic (exact) mass is 644 g/mol. The molecule has 0 radical (unpaired) electrons. The van der Waals surface area contributed by atoms with Gasteiger partial charge < -0.3 is 24.4 Å². The highest BCUT2D eigenvalue weighted by Gasteiger charge is 2.50. The van der Waals surface area contributed by atoms with E-state index in [0.717, 1.165) is 12.8 Å². The van der Waals surface area contributed by atoms with Crippen LogP contribution in [0.3, 0.4) is 0 Å². The van der Waals surface area contributed by atoms with Crippen molar-refractivity contribution in [2.24, 2.45) is 17.3 Å². The molecule has 1 saturated heterocycles. The van der Waals surface area contributed by atoms with Crippen molar-refractivity contribution in [3.05, 3.63) is 23.9 Å². The molecule has 46 heavy (non-hydrogen) atoms. The van der Waals surface area contributed by atoms with E-state index < -0.39 is 53.9 Å².